The van der Waals surface area contributed by atoms with Crippen LogP contribution in [0.4, 0.5) is 9.59 Å². The third kappa shape index (κ3) is 3.65. The smallest absolute Gasteiger partial charge is 0.410 e. The van der Waals surface area contributed by atoms with Crippen molar-refractivity contribution in [2.45, 2.75) is 57.6 Å². The number of ether oxygens (including phenoxy) is 1. The van der Waals surface area contributed by atoms with Gasteiger partial charge in [-0.15, -0.1) is 0 Å². The van der Waals surface area contributed by atoms with Gasteiger partial charge in [-0.3, -0.25) is 10.1 Å². The molecule has 2 aliphatic heterocycles. The van der Waals surface area contributed by atoms with Gasteiger partial charge < -0.3 is 15.0 Å². The Morgan fingerprint density at radius 1 is 1.19 bits per heavy atom. The number of hydrogen-bond acceptors (Lipinski definition) is 4. The fourth-order valence-electron chi connectivity index (χ4n) is 2.77. The van der Waals surface area contributed by atoms with Crippen molar-refractivity contribution in [2.75, 3.05) is 13.1 Å². The molecule has 2 rings (SSSR count). The molecular formula is C14H23N3O4. The highest BCUT2D eigenvalue weighted by atomic mass is 16.6. The summed E-state index contributed by atoms with van der Waals surface area (Å²) >= 11 is 0. The molecule has 0 aromatic carbocycles. The third-order valence-electron chi connectivity index (χ3n) is 3.73. The summed E-state index contributed by atoms with van der Waals surface area (Å²) in [5, 5.41) is 5.03. The fourth-order valence-corrected chi connectivity index (χ4v) is 2.77. The monoisotopic (exact) mass is 297 g/mol. The molecule has 0 atom stereocenters. The Hall–Kier alpha value is -1.79. The van der Waals surface area contributed by atoms with Crippen LogP contribution in [-0.2, 0) is 9.53 Å². The first kappa shape index (κ1) is 15.6. The lowest BCUT2D eigenvalue weighted by Gasteiger charge is -2.33. The number of hydrogen-bond donors (Lipinski definition) is 2. The minimum atomic E-state index is -0.795. The molecule has 21 heavy (non-hydrogen) atoms. The summed E-state index contributed by atoms with van der Waals surface area (Å²) in [6.07, 6.45) is 2.03. The van der Waals surface area contributed by atoms with Crippen LogP contribution in [0.3, 0.4) is 0 Å². The number of nitrogens with zero attached hydrogens (tertiary/aromatic N) is 1. The fraction of sp³-hybridized carbons (Fsp3) is 0.786. The quantitative estimate of drug-likeness (QED) is 0.661. The van der Waals surface area contributed by atoms with Gasteiger partial charge in [0.1, 0.15) is 11.1 Å². The van der Waals surface area contributed by atoms with Crippen LogP contribution in [0.2, 0.25) is 0 Å². The van der Waals surface area contributed by atoms with Crippen molar-refractivity contribution >= 4 is 18.0 Å². The first-order valence-electron chi connectivity index (χ1n) is 7.33. The molecular weight excluding hydrogens is 274 g/mol. The van der Waals surface area contributed by atoms with E-state index < -0.39 is 17.2 Å². The van der Waals surface area contributed by atoms with Crippen molar-refractivity contribution in [3.63, 3.8) is 0 Å². The van der Waals surface area contributed by atoms with E-state index in [0.29, 0.717) is 38.8 Å². The predicted octanol–water partition coefficient (Wildman–Crippen LogP) is 1.38. The number of carbonyl (C=O) groups is 3. The summed E-state index contributed by atoms with van der Waals surface area (Å²) in [7, 11) is 0. The number of likely N-dealkylation sites (tertiary alicyclic amines) is 1. The molecule has 7 nitrogen and oxygen atoms in total. The van der Waals surface area contributed by atoms with Crippen molar-refractivity contribution in [1.82, 2.24) is 15.5 Å². The van der Waals surface area contributed by atoms with Crippen LogP contribution in [0.5, 0.6) is 0 Å². The van der Waals surface area contributed by atoms with Crippen LogP contribution in [-0.4, -0.2) is 47.2 Å². The highest BCUT2D eigenvalue weighted by molar-refractivity contribution is 6.07. The second kappa shape index (κ2) is 5.54. The Bertz CT molecular complexity index is 446. The van der Waals surface area contributed by atoms with Gasteiger partial charge in [-0.05, 0) is 46.5 Å². The number of nitrogens with one attached hydrogen (secondary N) is 2. The van der Waals surface area contributed by atoms with E-state index in [-0.39, 0.29) is 12.0 Å². The van der Waals surface area contributed by atoms with E-state index in [1.807, 2.05) is 20.8 Å². The number of carbonyl (C=O) groups excluding carboxylic acids is 3. The van der Waals surface area contributed by atoms with Gasteiger partial charge in [-0.1, -0.05) is 0 Å². The summed E-state index contributed by atoms with van der Waals surface area (Å²) < 4.78 is 5.37. The molecule has 2 heterocycles. The molecule has 2 aliphatic rings. The summed E-state index contributed by atoms with van der Waals surface area (Å²) in [6, 6.07) is -0.426. The van der Waals surface area contributed by atoms with Crippen LogP contribution in [0.1, 0.15) is 46.5 Å². The molecule has 0 aromatic heterocycles. The average molecular weight is 297 g/mol. The maximum Gasteiger partial charge on any atom is 0.410 e. The molecule has 0 bridgehead atoms. The van der Waals surface area contributed by atoms with E-state index in [4.69, 9.17) is 4.74 Å². The minimum Gasteiger partial charge on any atom is -0.444 e. The molecule has 2 saturated heterocycles. The van der Waals surface area contributed by atoms with Crippen LogP contribution < -0.4 is 10.6 Å². The minimum absolute atomic E-state index is 0.252. The van der Waals surface area contributed by atoms with Gasteiger partial charge in [-0.2, -0.15) is 0 Å². The maximum atomic E-state index is 12.1. The molecule has 1 spiro atoms. The normalized spacial score (nSPS) is 22.3. The lowest BCUT2D eigenvalue weighted by Crippen LogP contribution is -2.50. The van der Waals surface area contributed by atoms with E-state index >= 15 is 0 Å². The number of amides is 4. The van der Waals surface area contributed by atoms with Gasteiger partial charge in [0.2, 0.25) is 0 Å². The van der Waals surface area contributed by atoms with Gasteiger partial charge in [0.25, 0.3) is 5.91 Å². The molecule has 0 unspecified atom stereocenters. The lowest BCUT2D eigenvalue weighted by atomic mass is 9.87. The van der Waals surface area contributed by atoms with E-state index in [0.717, 1.165) is 0 Å². The third-order valence-corrected chi connectivity index (χ3v) is 3.73. The lowest BCUT2D eigenvalue weighted by molar-refractivity contribution is -0.124. The predicted molar refractivity (Wildman–Crippen MR) is 75.7 cm³/mol. The first-order chi connectivity index (χ1) is 9.72. The molecule has 7 heteroatoms. The zero-order chi connectivity index (χ0) is 15.7. The SMILES string of the molecule is CC(C)(C)OC(=O)N1CCCC2(CCC1)NC(=O)NC2=O. The Morgan fingerprint density at radius 3 is 2.19 bits per heavy atom. The van der Waals surface area contributed by atoms with Crippen LogP contribution in [0, 0.1) is 0 Å². The number of urea groups is 1. The van der Waals surface area contributed by atoms with Gasteiger partial charge in [0.15, 0.2) is 0 Å². The van der Waals surface area contributed by atoms with Crippen molar-refractivity contribution in [3.8, 4) is 0 Å². The maximum absolute atomic E-state index is 12.1. The van der Waals surface area contributed by atoms with Gasteiger partial charge in [-0.25, -0.2) is 9.59 Å². The summed E-state index contributed by atoms with van der Waals surface area (Å²) in [5.74, 6) is -0.252. The molecule has 2 fully saturated rings. The van der Waals surface area contributed by atoms with Gasteiger partial charge in [0, 0.05) is 13.1 Å². The molecule has 0 saturated carbocycles. The standard InChI is InChI=1S/C14H23N3O4/c1-13(2,3)21-12(20)17-8-4-6-14(7-5-9-17)10(18)15-11(19)16-14/h4-9H2,1-3H3,(H2,15,16,18,19). The van der Waals surface area contributed by atoms with E-state index in [2.05, 4.69) is 10.6 Å². The Balaban J connectivity index is 1.94. The van der Waals surface area contributed by atoms with Gasteiger partial charge in [0.05, 0.1) is 0 Å². The van der Waals surface area contributed by atoms with Crippen molar-refractivity contribution < 1.29 is 19.1 Å². The van der Waals surface area contributed by atoms with Crippen LogP contribution in [0.25, 0.3) is 0 Å². The summed E-state index contributed by atoms with van der Waals surface area (Å²) in [5.41, 5.74) is -1.31. The van der Waals surface area contributed by atoms with Gasteiger partial charge >= 0.3 is 12.1 Å². The van der Waals surface area contributed by atoms with Crippen LogP contribution in [0.15, 0.2) is 0 Å². The van der Waals surface area contributed by atoms with E-state index in [1.165, 1.54) is 0 Å². The Morgan fingerprint density at radius 2 is 1.76 bits per heavy atom. The average Bonchev–Trinajstić information content (AvgIpc) is 2.57. The second-order valence-corrected chi connectivity index (χ2v) is 6.66. The Labute approximate surface area is 124 Å². The topological polar surface area (TPSA) is 87.7 Å². The first-order valence-corrected chi connectivity index (χ1v) is 7.33. The highest BCUT2D eigenvalue weighted by Crippen LogP contribution is 2.26. The molecule has 0 radical (unpaired) electrons. The molecule has 2 N–H and O–H groups in total. The molecule has 0 aliphatic carbocycles. The van der Waals surface area contributed by atoms with E-state index in [1.54, 1.807) is 4.90 Å². The second-order valence-electron chi connectivity index (χ2n) is 6.66. The van der Waals surface area contributed by atoms with Crippen molar-refractivity contribution in [3.05, 3.63) is 0 Å². The number of imide groups is 1. The summed E-state index contributed by atoms with van der Waals surface area (Å²) in [6.45, 7) is 6.56. The number of rotatable bonds is 0. The van der Waals surface area contributed by atoms with Crippen LogP contribution >= 0.6 is 0 Å². The van der Waals surface area contributed by atoms with E-state index in [9.17, 15) is 14.4 Å². The van der Waals surface area contributed by atoms with Crippen molar-refractivity contribution in [2.24, 2.45) is 0 Å². The molecule has 118 valence electrons. The largest absolute Gasteiger partial charge is 0.444 e. The Kier molecular flexibility index (Phi) is 4.11. The summed E-state index contributed by atoms with van der Waals surface area (Å²) in [4.78, 5) is 37.0. The zero-order valence-electron chi connectivity index (χ0n) is 12.8. The zero-order valence-corrected chi connectivity index (χ0v) is 12.8. The molecule has 4 amide bonds. The van der Waals surface area contributed by atoms with Crippen molar-refractivity contribution in [1.29, 1.82) is 0 Å². The molecule has 0 aromatic rings. The highest BCUT2D eigenvalue weighted by Gasteiger charge is 2.45.